The van der Waals surface area contributed by atoms with Gasteiger partial charge >= 0.3 is 0 Å². The van der Waals surface area contributed by atoms with Crippen LogP contribution in [0.25, 0.3) is 0 Å². The average Bonchev–Trinajstić information content (AvgIpc) is 3.19. The maximum absolute atomic E-state index is 12.6. The molecule has 2 heterocycles. The Balaban J connectivity index is 1.62. The van der Waals surface area contributed by atoms with Gasteiger partial charge in [-0.2, -0.15) is 0 Å². The number of ether oxygens (including phenoxy) is 2. The lowest BCUT2D eigenvalue weighted by atomic mass is 10.1. The largest absolute Gasteiger partial charge is 0.377 e. The van der Waals surface area contributed by atoms with E-state index in [4.69, 9.17) is 15.2 Å². The molecular weight excluding hydrogens is 274 g/mol. The van der Waals surface area contributed by atoms with E-state index in [9.17, 15) is 9.59 Å². The number of nitrogens with two attached hydrogens (primary N) is 1. The van der Waals surface area contributed by atoms with Gasteiger partial charge in [-0.15, -0.1) is 0 Å². The summed E-state index contributed by atoms with van der Waals surface area (Å²) in [7, 11) is 0. The van der Waals surface area contributed by atoms with E-state index >= 15 is 0 Å². The lowest BCUT2D eigenvalue weighted by Crippen LogP contribution is -2.58. The third-order valence-electron chi connectivity index (χ3n) is 4.28. The molecule has 2 aliphatic heterocycles. The molecule has 0 spiro atoms. The van der Waals surface area contributed by atoms with Crippen molar-refractivity contribution in [1.82, 2.24) is 10.2 Å². The maximum atomic E-state index is 12.6. The fourth-order valence-corrected chi connectivity index (χ4v) is 2.86. The topological polar surface area (TPSA) is 93.9 Å². The van der Waals surface area contributed by atoms with Crippen LogP contribution in [0.2, 0.25) is 0 Å². The summed E-state index contributed by atoms with van der Waals surface area (Å²) in [6.07, 6.45) is 3.02. The van der Waals surface area contributed by atoms with Crippen molar-refractivity contribution >= 4 is 11.8 Å². The molecular formula is C14H23N3O4. The maximum Gasteiger partial charge on any atom is 0.252 e. The predicted molar refractivity (Wildman–Crippen MR) is 74.4 cm³/mol. The normalized spacial score (nSPS) is 33.0. The summed E-state index contributed by atoms with van der Waals surface area (Å²) < 4.78 is 11.0. The highest BCUT2D eigenvalue weighted by atomic mass is 16.5. The van der Waals surface area contributed by atoms with Crippen LogP contribution in [0.3, 0.4) is 0 Å². The standard InChI is InChI=1S/C14H23N3O4/c15-7-10-3-4-12(21-10)14(19)17-5-6-20-8-11(17)13(18)16-9-1-2-9/h9-12H,1-8,15H2,(H,16,18). The smallest absolute Gasteiger partial charge is 0.252 e. The van der Waals surface area contributed by atoms with Gasteiger partial charge in [0.2, 0.25) is 5.91 Å². The molecule has 0 bridgehead atoms. The van der Waals surface area contributed by atoms with Crippen molar-refractivity contribution in [2.75, 3.05) is 26.3 Å². The molecule has 3 fully saturated rings. The first kappa shape index (κ1) is 14.7. The van der Waals surface area contributed by atoms with Crippen LogP contribution < -0.4 is 11.1 Å². The van der Waals surface area contributed by atoms with Gasteiger partial charge in [-0.1, -0.05) is 0 Å². The SMILES string of the molecule is NCC1CCC(C(=O)N2CCOCC2C(=O)NC2CC2)O1. The number of nitrogens with zero attached hydrogens (tertiary/aromatic N) is 1. The molecule has 3 aliphatic rings. The minimum atomic E-state index is -0.535. The number of carbonyl (C=O) groups is 2. The summed E-state index contributed by atoms with van der Waals surface area (Å²) in [5, 5.41) is 2.95. The summed E-state index contributed by atoms with van der Waals surface area (Å²) in [6, 6.07) is -0.256. The van der Waals surface area contributed by atoms with Gasteiger partial charge in [0, 0.05) is 19.1 Å². The highest BCUT2D eigenvalue weighted by Crippen LogP contribution is 2.23. The average molecular weight is 297 g/mol. The molecule has 2 saturated heterocycles. The summed E-state index contributed by atoms with van der Waals surface area (Å²) in [5.41, 5.74) is 5.58. The Hall–Kier alpha value is -1.18. The van der Waals surface area contributed by atoms with Crippen molar-refractivity contribution in [2.45, 2.75) is 50.0 Å². The Morgan fingerprint density at radius 3 is 2.71 bits per heavy atom. The molecule has 1 aliphatic carbocycles. The number of rotatable bonds is 4. The first-order chi connectivity index (χ1) is 10.2. The third kappa shape index (κ3) is 3.36. The fourth-order valence-electron chi connectivity index (χ4n) is 2.86. The van der Waals surface area contributed by atoms with Crippen LogP contribution in [-0.2, 0) is 19.1 Å². The zero-order chi connectivity index (χ0) is 14.8. The van der Waals surface area contributed by atoms with Gasteiger partial charge in [0.25, 0.3) is 5.91 Å². The molecule has 1 saturated carbocycles. The second-order valence-corrected chi connectivity index (χ2v) is 5.96. The number of morpholine rings is 1. The van der Waals surface area contributed by atoms with E-state index in [2.05, 4.69) is 5.32 Å². The van der Waals surface area contributed by atoms with Crippen molar-refractivity contribution in [3.63, 3.8) is 0 Å². The lowest BCUT2D eigenvalue weighted by Gasteiger charge is -2.36. The number of amides is 2. The second kappa shape index (κ2) is 6.29. The van der Waals surface area contributed by atoms with E-state index in [1.807, 2.05) is 0 Å². The quantitative estimate of drug-likeness (QED) is 0.694. The van der Waals surface area contributed by atoms with Crippen LogP contribution in [0.5, 0.6) is 0 Å². The van der Waals surface area contributed by atoms with Gasteiger partial charge in [0.15, 0.2) is 0 Å². The molecule has 2 amide bonds. The van der Waals surface area contributed by atoms with E-state index in [0.717, 1.165) is 19.3 Å². The lowest BCUT2D eigenvalue weighted by molar-refractivity contribution is -0.156. The molecule has 7 nitrogen and oxygen atoms in total. The summed E-state index contributed by atoms with van der Waals surface area (Å²) in [4.78, 5) is 26.5. The van der Waals surface area contributed by atoms with Crippen LogP contribution in [0.1, 0.15) is 25.7 Å². The van der Waals surface area contributed by atoms with Gasteiger partial charge < -0.3 is 25.4 Å². The Kier molecular flexibility index (Phi) is 4.42. The Morgan fingerprint density at radius 1 is 1.24 bits per heavy atom. The Labute approximate surface area is 124 Å². The minimum Gasteiger partial charge on any atom is -0.377 e. The van der Waals surface area contributed by atoms with Crippen molar-refractivity contribution < 1.29 is 19.1 Å². The van der Waals surface area contributed by atoms with Crippen molar-refractivity contribution in [3.05, 3.63) is 0 Å². The molecule has 3 unspecified atom stereocenters. The molecule has 7 heteroatoms. The molecule has 0 aromatic rings. The molecule has 21 heavy (non-hydrogen) atoms. The van der Waals surface area contributed by atoms with Crippen LogP contribution in [0, 0.1) is 0 Å². The summed E-state index contributed by atoms with van der Waals surface area (Å²) in [6.45, 7) is 1.59. The zero-order valence-electron chi connectivity index (χ0n) is 12.1. The molecule has 0 aromatic heterocycles. The monoisotopic (exact) mass is 297 g/mol. The Morgan fingerprint density at radius 2 is 2.05 bits per heavy atom. The number of hydrogen-bond donors (Lipinski definition) is 2. The third-order valence-corrected chi connectivity index (χ3v) is 4.28. The summed E-state index contributed by atoms with van der Waals surface area (Å²) >= 11 is 0. The van der Waals surface area contributed by atoms with Crippen molar-refractivity contribution in [1.29, 1.82) is 0 Å². The number of carbonyl (C=O) groups excluding carboxylic acids is 2. The summed E-state index contributed by atoms with van der Waals surface area (Å²) in [5.74, 6) is -0.218. The minimum absolute atomic E-state index is 0.0428. The Bertz CT molecular complexity index is 413. The highest BCUT2D eigenvalue weighted by Gasteiger charge is 2.40. The predicted octanol–water partition coefficient (Wildman–Crippen LogP) is -1.00. The molecule has 0 aromatic carbocycles. The van der Waals surface area contributed by atoms with E-state index in [-0.39, 0.29) is 30.6 Å². The number of nitrogens with one attached hydrogen (secondary N) is 1. The highest BCUT2D eigenvalue weighted by molar-refractivity contribution is 5.90. The van der Waals surface area contributed by atoms with Crippen molar-refractivity contribution in [2.24, 2.45) is 5.73 Å². The van der Waals surface area contributed by atoms with E-state index in [1.165, 1.54) is 0 Å². The molecule has 0 radical (unpaired) electrons. The second-order valence-electron chi connectivity index (χ2n) is 5.96. The molecule has 3 rings (SSSR count). The van der Waals surface area contributed by atoms with Gasteiger partial charge in [0.05, 0.1) is 19.3 Å². The molecule has 3 N–H and O–H groups in total. The molecule has 118 valence electrons. The van der Waals surface area contributed by atoms with Crippen LogP contribution in [-0.4, -0.2) is 67.3 Å². The van der Waals surface area contributed by atoms with Gasteiger partial charge in [-0.25, -0.2) is 0 Å². The van der Waals surface area contributed by atoms with Crippen LogP contribution in [0.15, 0.2) is 0 Å². The van der Waals surface area contributed by atoms with E-state index < -0.39 is 12.1 Å². The van der Waals surface area contributed by atoms with E-state index in [0.29, 0.717) is 26.1 Å². The van der Waals surface area contributed by atoms with Crippen LogP contribution >= 0.6 is 0 Å². The first-order valence-electron chi connectivity index (χ1n) is 7.73. The van der Waals surface area contributed by atoms with Gasteiger partial charge in [0.1, 0.15) is 12.1 Å². The zero-order valence-corrected chi connectivity index (χ0v) is 12.1. The van der Waals surface area contributed by atoms with Gasteiger partial charge in [-0.3, -0.25) is 9.59 Å². The van der Waals surface area contributed by atoms with Crippen molar-refractivity contribution in [3.8, 4) is 0 Å². The fraction of sp³-hybridized carbons (Fsp3) is 0.857. The van der Waals surface area contributed by atoms with E-state index in [1.54, 1.807) is 4.90 Å². The number of hydrogen-bond acceptors (Lipinski definition) is 5. The molecule has 3 atom stereocenters. The van der Waals surface area contributed by atoms with Crippen LogP contribution in [0.4, 0.5) is 0 Å². The first-order valence-corrected chi connectivity index (χ1v) is 7.73. The van der Waals surface area contributed by atoms with Gasteiger partial charge in [-0.05, 0) is 25.7 Å².